The van der Waals surface area contributed by atoms with Crippen LogP contribution in [-0.2, 0) is 9.84 Å². The Balaban J connectivity index is 2.21. The lowest BCUT2D eigenvalue weighted by Gasteiger charge is -2.16. The predicted octanol–water partition coefficient (Wildman–Crippen LogP) is 2.89. The van der Waals surface area contributed by atoms with Crippen LogP contribution in [0.4, 0.5) is 0 Å². The van der Waals surface area contributed by atoms with Gasteiger partial charge in [-0.1, -0.05) is 30.3 Å². The molecule has 5 heteroatoms. The Morgan fingerprint density at radius 3 is 2.41 bits per heavy atom. The Labute approximate surface area is 131 Å². The molecule has 0 aliphatic rings. The fraction of sp³-hybridized carbons (Fsp3) is 0.235. The van der Waals surface area contributed by atoms with Gasteiger partial charge in [-0.25, -0.2) is 8.42 Å². The monoisotopic (exact) mass is 317 g/mol. The van der Waals surface area contributed by atoms with E-state index in [9.17, 15) is 13.2 Å². The summed E-state index contributed by atoms with van der Waals surface area (Å²) in [6.07, 6.45) is 1.12. The maximum absolute atomic E-state index is 12.3. The van der Waals surface area contributed by atoms with Crippen molar-refractivity contribution in [1.82, 2.24) is 5.32 Å². The fourth-order valence-electron chi connectivity index (χ4n) is 2.30. The second kappa shape index (κ2) is 6.32. The van der Waals surface area contributed by atoms with E-state index in [-0.39, 0.29) is 16.8 Å². The molecule has 0 saturated carbocycles. The lowest BCUT2D eigenvalue weighted by molar-refractivity contribution is 0.0939. The molecule has 2 rings (SSSR count). The highest BCUT2D eigenvalue weighted by Gasteiger charge is 2.15. The van der Waals surface area contributed by atoms with Gasteiger partial charge in [0.2, 0.25) is 0 Å². The number of amides is 1. The standard InChI is InChI=1S/C17H19NO3S/c1-12-7-4-5-10-16(12)13(2)18-17(19)14-8-6-9-15(11-14)22(3,20)21/h4-11,13H,1-3H3,(H,18,19). The molecule has 0 saturated heterocycles. The summed E-state index contributed by atoms with van der Waals surface area (Å²) in [4.78, 5) is 12.5. The zero-order valence-electron chi connectivity index (χ0n) is 12.8. The minimum absolute atomic E-state index is 0.142. The van der Waals surface area contributed by atoms with Crippen LogP contribution < -0.4 is 5.32 Å². The second-order valence-electron chi connectivity index (χ2n) is 5.35. The smallest absolute Gasteiger partial charge is 0.251 e. The highest BCUT2D eigenvalue weighted by atomic mass is 32.2. The number of rotatable bonds is 4. The molecule has 22 heavy (non-hydrogen) atoms. The van der Waals surface area contributed by atoms with E-state index >= 15 is 0 Å². The van der Waals surface area contributed by atoms with Crippen LogP contribution in [0.15, 0.2) is 53.4 Å². The molecule has 1 atom stereocenters. The molecule has 1 unspecified atom stereocenters. The predicted molar refractivity (Wildman–Crippen MR) is 86.6 cm³/mol. The third kappa shape index (κ3) is 3.74. The molecular formula is C17H19NO3S. The van der Waals surface area contributed by atoms with Crippen molar-refractivity contribution in [3.05, 3.63) is 65.2 Å². The summed E-state index contributed by atoms with van der Waals surface area (Å²) < 4.78 is 23.1. The molecule has 0 bridgehead atoms. The Morgan fingerprint density at radius 1 is 1.09 bits per heavy atom. The van der Waals surface area contributed by atoms with E-state index in [4.69, 9.17) is 0 Å². The van der Waals surface area contributed by atoms with Crippen molar-refractivity contribution in [2.45, 2.75) is 24.8 Å². The zero-order valence-corrected chi connectivity index (χ0v) is 13.6. The van der Waals surface area contributed by atoms with E-state index in [1.807, 2.05) is 38.1 Å². The van der Waals surface area contributed by atoms with Crippen molar-refractivity contribution in [1.29, 1.82) is 0 Å². The van der Waals surface area contributed by atoms with Gasteiger partial charge in [0.05, 0.1) is 10.9 Å². The lowest BCUT2D eigenvalue weighted by Crippen LogP contribution is -2.27. The van der Waals surface area contributed by atoms with E-state index in [1.54, 1.807) is 12.1 Å². The Morgan fingerprint density at radius 2 is 1.77 bits per heavy atom. The van der Waals surface area contributed by atoms with E-state index in [0.29, 0.717) is 5.56 Å². The summed E-state index contributed by atoms with van der Waals surface area (Å²) in [6.45, 7) is 3.89. The van der Waals surface area contributed by atoms with Crippen molar-refractivity contribution >= 4 is 15.7 Å². The number of hydrogen-bond acceptors (Lipinski definition) is 3. The van der Waals surface area contributed by atoms with Gasteiger partial charge in [-0.15, -0.1) is 0 Å². The molecule has 2 aromatic rings. The maximum atomic E-state index is 12.3. The topological polar surface area (TPSA) is 63.2 Å². The number of carbonyl (C=O) groups is 1. The third-order valence-corrected chi connectivity index (χ3v) is 4.64. The minimum atomic E-state index is -3.33. The van der Waals surface area contributed by atoms with Gasteiger partial charge in [0.25, 0.3) is 5.91 Å². The number of nitrogens with one attached hydrogen (secondary N) is 1. The highest BCUT2D eigenvalue weighted by Crippen LogP contribution is 2.18. The van der Waals surface area contributed by atoms with Gasteiger partial charge in [-0.2, -0.15) is 0 Å². The second-order valence-corrected chi connectivity index (χ2v) is 7.37. The van der Waals surface area contributed by atoms with E-state index in [0.717, 1.165) is 17.4 Å². The molecule has 1 amide bonds. The first-order valence-electron chi connectivity index (χ1n) is 6.95. The third-order valence-electron chi connectivity index (χ3n) is 3.53. The van der Waals surface area contributed by atoms with E-state index in [2.05, 4.69) is 5.32 Å². The summed E-state index contributed by atoms with van der Waals surface area (Å²) in [6, 6.07) is 13.7. The summed E-state index contributed by atoms with van der Waals surface area (Å²) in [5, 5.41) is 2.90. The molecule has 4 nitrogen and oxygen atoms in total. The number of aryl methyl sites for hydroxylation is 1. The molecule has 0 radical (unpaired) electrons. The molecule has 1 N–H and O–H groups in total. The average molecular weight is 317 g/mol. The van der Waals surface area contributed by atoms with Gasteiger partial charge in [-0.05, 0) is 43.2 Å². The minimum Gasteiger partial charge on any atom is -0.346 e. The largest absolute Gasteiger partial charge is 0.346 e. The maximum Gasteiger partial charge on any atom is 0.251 e. The van der Waals surface area contributed by atoms with Crippen LogP contribution in [0.25, 0.3) is 0 Å². The summed E-state index contributed by atoms with van der Waals surface area (Å²) in [5.74, 6) is -0.291. The van der Waals surface area contributed by atoms with Crippen LogP contribution in [0.1, 0.15) is 34.5 Å². The quantitative estimate of drug-likeness (QED) is 0.943. The first-order chi connectivity index (χ1) is 10.3. The molecule has 0 fully saturated rings. The van der Waals surface area contributed by atoms with E-state index in [1.165, 1.54) is 12.1 Å². The molecule has 116 valence electrons. The van der Waals surface area contributed by atoms with Crippen LogP contribution in [0.3, 0.4) is 0 Å². The number of sulfone groups is 1. The van der Waals surface area contributed by atoms with Crippen LogP contribution in [0.2, 0.25) is 0 Å². The Kier molecular flexibility index (Phi) is 4.66. The Hall–Kier alpha value is -2.14. The van der Waals surface area contributed by atoms with Gasteiger partial charge in [0, 0.05) is 11.8 Å². The first-order valence-corrected chi connectivity index (χ1v) is 8.84. The van der Waals surface area contributed by atoms with Gasteiger partial charge < -0.3 is 5.32 Å². The number of carbonyl (C=O) groups excluding carboxylic acids is 1. The molecule has 0 aliphatic heterocycles. The van der Waals surface area contributed by atoms with Crippen molar-refractivity contribution in [3.63, 3.8) is 0 Å². The summed E-state index contributed by atoms with van der Waals surface area (Å²) >= 11 is 0. The summed E-state index contributed by atoms with van der Waals surface area (Å²) in [5.41, 5.74) is 2.47. The molecule has 0 spiro atoms. The molecule has 2 aromatic carbocycles. The van der Waals surface area contributed by atoms with Crippen molar-refractivity contribution in [3.8, 4) is 0 Å². The van der Waals surface area contributed by atoms with Gasteiger partial charge in [0.1, 0.15) is 0 Å². The normalized spacial score (nSPS) is 12.7. The number of hydrogen-bond donors (Lipinski definition) is 1. The van der Waals surface area contributed by atoms with Crippen molar-refractivity contribution in [2.24, 2.45) is 0 Å². The first kappa shape index (κ1) is 16.2. The van der Waals surface area contributed by atoms with Gasteiger partial charge in [-0.3, -0.25) is 4.79 Å². The summed E-state index contributed by atoms with van der Waals surface area (Å²) in [7, 11) is -3.33. The van der Waals surface area contributed by atoms with Gasteiger partial charge in [0.15, 0.2) is 9.84 Å². The molecular weight excluding hydrogens is 298 g/mol. The van der Waals surface area contributed by atoms with Gasteiger partial charge >= 0.3 is 0 Å². The fourth-order valence-corrected chi connectivity index (χ4v) is 2.97. The SMILES string of the molecule is Cc1ccccc1C(C)NC(=O)c1cccc(S(C)(=O)=O)c1. The Bertz CT molecular complexity index is 797. The van der Waals surface area contributed by atoms with Crippen LogP contribution in [0.5, 0.6) is 0 Å². The molecule has 0 heterocycles. The van der Waals surface area contributed by atoms with Crippen LogP contribution in [-0.4, -0.2) is 20.6 Å². The molecule has 0 aliphatic carbocycles. The van der Waals surface area contributed by atoms with Crippen molar-refractivity contribution < 1.29 is 13.2 Å². The number of benzene rings is 2. The average Bonchev–Trinajstić information content (AvgIpc) is 2.46. The van der Waals surface area contributed by atoms with E-state index < -0.39 is 9.84 Å². The zero-order chi connectivity index (χ0) is 16.3. The lowest BCUT2D eigenvalue weighted by atomic mass is 10.0. The molecule has 0 aromatic heterocycles. The highest BCUT2D eigenvalue weighted by molar-refractivity contribution is 7.90. The van der Waals surface area contributed by atoms with Crippen molar-refractivity contribution in [2.75, 3.05) is 6.26 Å². The van der Waals surface area contributed by atoms with Crippen LogP contribution in [0, 0.1) is 6.92 Å². The van der Waals surface area contributed by atoms with Crippen LogP contribution >= 0.6 is 0 Å².